The third-order valence-electron chi connectivity index (χ3n) is 5.52. The summed E-state index contributed by atoms with van der Waals surface area (Å²) in [6, 6.07) is 6.32. The Kier molecular flexibility index (Phi) is 5.90. The van der Waals surface area contributed by atoms with Crippen LogP contribution in [0.15, 0.2) is 18.2 Å². The maximum Gasteiger partial charge on any atom is 0.401 e. The van der Waals surface area contributed by atoms with E-state index in [9.17, 15) is 18.0 Å². The fraction of sp³-hybridized carbons (Fsp3) is 0.650. The van der Waals surface area contributed by atoms with Gasteiger partial charge in [0.25, 0.3) is 0 Å². The summed E-state index contributed by atoms with van der Waals surface area (Å²) in [4.78, 5) is 15.8. The largest absolute Gasteiger partial charge is 0.401 e. The lowest BCUT2D eigenvalue weighted by Crippen LogP contribution is -2.38. The Morgan fingerprint density at radius 2 is 2.04 bits per heavy atom. The lowest BCUT2D eigenvalue weighted by atomic mass is 10.0. The molecule has 2 aliphatic rings. The van der Waals surface area contributed by atoms with E-state index in [0.29, 0.717) is 32.6 Å². The molecule has 0 radical (unpaired) electrons. The highest BCUT2D eigenvalue weighted by molar-refractivity contribution is 5.79. The van der Waals surface area contributed by atoms with Crippen molar-refractivity contribution in [2.75, 3.05) is 32.7 Å². The second-order valence-corrected chi connectivity index (χ2v) is 7.57. The molecule has 1 fully saturated rings. The van der Waals surface area contributed by atoms with Crippen molar-refractivity contribution in [1.82, 2.24) is 9.80 Å². The van der Waals surface area contributed by atoms with Crippen LogP contribution in [-0.4, -0.2) is 54.6 Å². The number of nitrogens with zero attached hydrogens (tertiary/aromatic N) is 2. The maximum atomic E-state index is 12.6. The van der Waals surface area contributed by atoms with E-state index in [1.54, 1.807) is 6.92 Å². The zero-order valence-electron chi connectivity index (χ0n) is 15.3. The second-order valence-electron chi connectivity index (χ2n) is 7.57. The monoisotopic (exact) mass is 368 g/mol. The molecule has 0 N–H and O–H groups in total. The first-order chi connectivity index (χ1) is 12.3. The van der Waals surface area contributed by atoms with Crippen LogP contribution in [0.25, 0.3) is 0 Å². The summed E-state index contributed by atoms with van der Waals surface area (Å²) >= 11 is 0. The van der Waals surface area contributed by atoms with Crippen LogP contribution in [0.1, 0.15) is 36.5 Å². The highest BCUT2D eigenvalue weighted by Crippen LogP contribution is 2.25. The van der Waals surface area contributed by atoms with Gasteiger partial charge in [0.2, 0.25) is 5.91 Å². The number of aryl methyl sites for hydroxylation is 2. The lowest BCUT2D eigenvalue weighted by Gasteiger charge is -2.25. The van der Waals surface area contributed by atoms with Gasteiger partial charge in [0.05, 0.1) is 13.0 Å². The Balaban J connectivity index is 1.51. The number of benzene rings is 1. The Labute approximate surface area is 153 Å². The van der Waals surface area contributed by atoms with Crippen molar-refractivity contribution in [2.45, 2.75) is 45.2 Å². The SMILES string of the molecule is CCN(C[C@@H]1CCN(C(=O)Cc2ccc3c(c2)CCC3)C1)CC(F)(F)F. The van der Waals surface area contributed by atoms with E-state index in [1.807, 2.05) is 11.0 Å². The molecule has 1 heterocycles. The lowest BCUT2D eigenvalue weighted by molar-refractivity contribution is -0.146. The topological polar surface area (TPSA) is 23.6 Å². The van der Waals surface area contributed by atoms with Crippen molar-refractivity contribution in [1.29, 1.82) is 0 Å². The molecular weight excluding hydrogens is 341 g/mol. The molecule has 26 heavy (non-hydrogen) atoms. The number of amides is 1. The molecule has 0 bridgehead atoms. The minimum absolute atomic E-state index is 0.0873. The first-order valence-electron chi connectivity index (χ1n) is 9.51. The van der Waals surface area contributed by atoms with Gasteiger partial charge in [-0.25, -0.2) is 0 Å². The van der Waals surface area contributed by atoms with E-state index in [4.69, 9.17) is 0 Å². The average molecular weight is 368 g/mol. The molecule has 1 aromatic carbocycles. The number of halogens is 3. The zero-order valence-corrected chi connectivity index (χ0v) is 15.3. The summed E-state index contributed by atoms with van der Waals surface area (Å²) in [7, 11) is 0. The summed E-state index contributed by atoms with van der Waals surface area (Å²) in [6.07, 6.45) is 0.410. The predicted molar refractivity (Wildman–Crippen MR) is 95.0 cm³/mol. The standard InChI is InChI=1S/C20H27F3N2O/c1-2-24(14-20(21,22)23)12-16-8-9-25(13-16)19(26)11-15-6-7-17-4-3-5-18(17)10-15/h6-7,10,16H,2-5,8-9,11-14H2,1H3/t16-/m0/s1. The van der Waals surface area contributed by atoms with Gasteiger partial charge in [-0.1, -0.05) is 25.1 Å². The number of alkyl halides is 3. The number of carbonyl (C=O) groups is 1. The highest BCUT2D eigenvalue weighted by atomic mass is 19.4. The first kappa shape index (κ1) is 19.2. The fourth-order valence-corrected chi connectivity index (χ4v) is 4.15. The third kappa shape index (κ3) is 5.00. The zero-order chi connectivity index (χ0) is 18.7. The van der Waals surface area contributed by atoms with Crippen molar-refractivity contribution in [3.63, 3.8) is 0 Å². The van der Waals surface area contributed by atoms with Gasteiger partial charge in [-0.3, -0.25) is 9.69 Å². The molecule has 3 rings (SSSR count). The first-order valence-corrected chi connectivity index (χ1v) is 9.51. The molecule has 1 saturated heterocycles. The summed E-state index contributed by atoms with van der Waals surface area (Å²) in [5.41, 5.74) is 3.80. The van der Waals surface area contributed by atoms with Gasteiger partial charge < -0.3 is 4.90 Å². The molecule has 0 spiro atoms. The van der Waals surface area contributed by atoms with Crippen LogP contribution in [0.5, 0.6) is 0 Å². The molecule has 1 aliphatic heterocycles. The molecule has 144 valence electrons. The summed E-state index contributed by atoms with van der Waals surface area (Å²) < 4.78 is 37.8. The third-order valence-corrected chi connectivity index (χ3v) is 5.52. The highest BCUT2D eigenvalue weighted by Gasteiger charge is 2.33. The van der Waals surface area contributed by atoms with E-state index in [2.05, 4.69) is 12.1 Å². The number of carbonyl (C=O) groups excluding carboxylic acids is 1. The molecule has 0 saturated carbocycles. The van der Waals surface area contributed by atoms with Gasteiger partial charge in [-0.2, -0.15) is 13.2 Å². The van der Waals surface area contributed by atoms with Crippen molar-refractivity contribution in [3.05, 3.63) is 34.9 Å². The number of fused-ring (bicyclic) bond motifs is 1. The van der Waals surface area contributed by atoms with Crippen molar-refractivity contribution < 1.29 is 18.0 Å². The van der Waals surface area contributed by atoms with Gasteiger partial charge >= 0.3 is 6.18 Å². The summed E-state index contributed by atoms with van der Waals surface area (Å²) in [5, 5.41) is 0. The Morgan fingerprint density at radius 3 is 2.77 bits per heavy atom. The molecule has 1 atom stereocenters. The van der Waals surface area contributed by atoms with Crippen molar-refractivity contribution in [2.24, 2.45) is 5.92 Å². The minimum atomic E-state index is -4.17. The molecule has 3 nitrogen and oxygen atoms in total. The molecule has 1 aliphatic carbocycles. The van der Waals surface area contributed by atoms with Crippen LogP contribution in [0.3, 0.4) is 0 Å². The number of hydrogen-bond acceptors (Lipinski definition) is 2. The molecule has 0 aromatic heterocycles. The van der Waals surface area contributed by atoms with E-state index in [-0.39, 0.29) is 11.8 Å². The van der Waals surface area contributed by atoms with E-state index >= 15 is 0 Å². The normalized spacial score (nSPS) is 20.0. The van der Waals surface area contributed by atoms with Gasteiger partial charge in [0, 0.05) is 19.6 Å². The van der Waals surface area contributed by atoms with Gasteiger partial charge in [0.1, 0.15) is 0 Å². The Bertz CT molecular complexity index is 644. The maximum absolute atomic E-state index is 12.6. The fourth-order valence-electron chi connectivity index (χ4n) is 4.15. The quantitative estimate of drug-likeness (QED) is 0.768. The van der Waals surface area contributed by atoms with Crippen molar-refractivity contribution in [3.8, 4) is 0 Å². The molecule has 6 heteroatoms. The van der Waals surface area contributed by atoms with Crippen LogP contribution in [0.4, 0.5) is 13.2 Å². The minimum Gasteiger partial charge on any atom is -0.342 e. The van der Waals surface area contributed by atoms with Gasteiger partial charge in [0.15, 0.2) is 0 Å². The molecule has 0 unspecified atom stereocenters. The smallest absolute Gasteiger partial charge is 0.342 e. The molecular formula is C20H27F3N2O. The average Bonchev–Trinajstić information content (AvgIpc) is 3.21. The van der Waals surface area contributed by atoms with E-state index < -0.39 is 12.7 Å². The molecule has 1 aromatic rings. The molecule has 1 amide bonds. The van der Waals surface area contributed by atoms with Crippen LogP contribution >= 0.6 is 0 Å². The Morgan fingerprint density at radius 1 is 1.27 bits per heavy atom. The number of hydrogen-bond donors (Lipinski definition) is 0. The van der Waals surface area contributed by atoms with Crippen molar-refractivity contribution >= 4 is 5.91 Å². The Hall–Kier alpha value is -1.56. The van der Waals surface area contributed by atoms with Crippen LogP contribution in [0, 0.1) is 5.92 Å². The van der Waals surface area contributed by atoms with Gasteiger partial charge in [-0.05, 0) is 54.8 Å². The van der Waals surface area contributed by atoms with Gasteiger partial charge in [-0.15, -0.1) is 0 Å². The summed E-state index contributed by atoms with van der Waals surface area (Å²) in [6.45, 7) is 2.87. The predicted octanol–water partition coefficient (Wildman–Crippen LogP) is 3.45. The van der Waals surface area contributed by atoms with E-state index in [0.717, 1.165) is 24.8 Å². The van der Waals surface area contributed by atoms with E-state index in [1.165, 1.54) is 22.4 Å². The number of rotatable bonds is 6. The van der Waals surface area contributed by atoms with Crippen LogP contribution in [-0.2, 0) is 24.1 Å². The van der Waals surface area contributed by atoms with Crippen LogP contribution in [0.2, 0.25) is 0 Å². The second kappa shape index (κ2) is 7.99. The van der Waals surface area contributed by atoms with Crippen LogP contribution < -0.4 is 0 Å². The summed E-state index contributed by atoms with van der Waals surface area (Å²) in [5.74, 6) is 0.214. The number of likely N-dealkylation sites (tertiary alicyclic amines) is 1.